The van der Waals surface area contributed by atoms with Gasteiger partial charge in [0.05, 0.1) is 31.3 Å². The maximum absolute atomic E-state index is 10.5. The fraction of sp³-hybridized carbons (Fsp3) is 0.556. The van der Waals surface area contributed by atoms with Crippen molar-refractivity contribution in [3.05, 3.63) is 18.2 Å². The Bertz CT molecular complexity index is 359. The summed E-state index contributed by atoms with van der Waals surface area (Å²) < 4.78 is 6.96. The lowest BCUT2D eigenvalue weighted by Gasteiger charge is -2.02. The molecule has 82 valence electrons. The molecule has 0 radical (unpaired) electrons. The minimum Gasteiger partial charge on any atom is -0.480 e. The Morgan fingerprint density at radius 3 is 3.20 bits per heavy atom. The summed E-state index contributed by atoms with van der Waals surface area (Å²) in [5.41, 5.74) is 6.10. The van der Waals surface area contributed by atoms with Crippen LogP contribution in [0.15, 0.2) is 12.5 Å². The second-order valence-corrected chi connectivity index (χ2v) is 3.67. The first-order valence-electron chi connectivity index (χ1n) is 4.76. The van der Waals surface area contributed by atoms with E-state index in [1.165, 1.54) is 0 Å². The second-order valence-electron chi connectivity index (χ2n) is 3.67. The highest BCUT2D eigenvalue weighted by Crippen LogP contribution is 2.12. The normalized spacial score (nSPS) is 21.3. The average Bonchev–Trinajstić information content (AvgIpc) is 2.87. The lowest BCUT2D eigenvalue weighted by molar-refractivity contribution is -0.138. The molecule has 1 aliphatic heterocycles. The van der Waals surface area contributed by atoms with Crippen molar-refractivity contribution in [1.82, 2.24) is 9.55 Å². The lowest BCUT2D eigenvalue weighted by Crippen LogP contribution is -2.32. The van der Waals surface area contributed by atoms with Crippen molar-refractivity contribution in [1.29, 1.82) is 0 Å². The highest BCUT2D eigenvalue weighted by Gasteiger charge is 2.23. The molecule has 2 unspecified atom stereocenters. The fourth-order valence-corrected chi connectivity index (χ4v) is 1.33. The predicted octanol–water partition coefficient (Wildman–Crippen LogP) is -0.764. The number of aliphatic carboxylic acids is 1. The summed E-state index contributed by atoms with van der Waals surface area (Å²) in [6, 6.07) is -0.884. The Labute approximate surface area is 86.7 Å². The first-order chi connectivity index (χ1) is 7.15. The van der Waals surface area contributed by atoms with E-state index in [1.807, 2.05) is 10.8 Å². The Morgan fingerprint density at radius 1 is 1.87 bits per heavy atom. The molecule has 2 atom stereocenters. The van der Waals surface area contributed by atoms with Crippen molar-refractivity contribution in [3.63, 3.8) is 0 Å². The van der Waals surface area contributed by atoms with Crippen molar-refractivity contribution >= 4 is 5.97 Å². The van der Waals surface area contributed by atoms with Gasteiger partial charge >= 0.3 is 5.97 Å². The number of carboxylic acid groups (broad SMARTS) is 1. The number of nitrogens with zero attached hydrogens (tertiary/aromatic N) is 2. The maximum Gasteiger partial charge on any atom is 0.320 e. The van der Waals surface area contributed by atoms with Crippen molar-refractivity contribution < 1.29 is 14.6 Å². The summed E-state index contributed by atoms with van der Waals surface area (Å²) in [6.45, 7) is 1.57. The van der Waals surface area contributed by atoms with Gasteiger partial charge in [-0.15, -0.1) is 0 Å². The first-order valence-corrected chi connectivity index (χ1v) is 4.76. The zero-order valence-corrected chi connectivity index (χ0v) is 8.17. The molecular weight excluding hydrogens is 198 g/mol. The summed E-state index contributed by atoms with van der Waals surface area (Å²) >= 11 is 0. The van der Waals surface area contributed by atoms with Crippen LogP contribution in [-0.2, 0) is 22.5 Å². The molecule has 1 aromatic heterocycles. The molecule has 0 saturated carbocycles. The molecule has 0 aliphatic carbocycles. The molecule has 1 saturated heterocycles. The zero-order chi connectivity index (χ0) is 10.8. The van der Waals surface area contributed by atoms with Gasteiger partial charge in [0.2, 0.25) is 0 Å². The Kier molecular flexibility index (Phi) is 2.70. The Hall–Kier alpha value is -1.40. The number of ether oxygens (including phenoxy) is 1. The third kappa shape index (κ3) is 2.77. The third-order valence-corrected chi connectivity index (χ3v) is 2.25. The van der Waals surface area contributed by atoms with E-state index >= 15 is 0 Å². The van der Waals surface area contributed by atoms with Gasteiger partial charge < -0.3 is 20.1 Å². The number of carboxylic acids is 1. The van der Waals surface area contributed by atoms with Crippen molar-refractivity contribution in [2.45, 2.75) is 25.1 Å². The molecule has 2 rings (SSSR count). The SMILES string of the molecule is NC(Cc1cn(CC2CO2)cn1)C(=O)O. The van der Waals surface area contributed by atoms with Crippen LogP contribution in [0, 0.1) is 0 Å². The van der Waals surface area contributed by atoms with Crippen LogP contribution in [0.2, 0.25) is 0 Å². The first kappa shape index (κ1) is 10.1. The standard InChI is InChI=1S/C9H13N3O3/c10-8(9(13)14)1-6-2-12(5-11-6)3-7-4-15-7/h2,5,7-8H,1,3-4,10H2,(H,13,14). The summed E-state index contributed by atoms with van der Waals surface area (Å²) in [4.78, 5) is 14.6. The predicted molar refractivity (Wildman–Crippen MR) is 51.3 cm³/mol. The van der Waals surface area contributed by atoms with Crippen LogP contribution in [0.1, 0.15) is 5.69 Å². The lowest BCUT2D eigenvalue weighted by atomic mass is 10.2. The number of carbonyl (C=O) groups is 1. The van der Waals surface area contributed by atoms with E-state index in [0.29, 0.717) is 11.8 Å². The molecule has 1 aliphatic rings. The summed E-state index contributed by atoms with van der Waals surface area (Å²) in [5, 5.41) is 8.63. The van der Waals surface area contributed by atoms with Gasteiger partial charge in [0.15, 0.2) is 0 Å². The number of hydrogen-bond donors (Lipinski definition) is 2. The van der Waals surface area contributed by atoms with Crippen LogP contribution < -0.4 is 5.73 Å². The Balaban J connectivity index is 1.90. The molecule has 0 aromatic carbocycles. The van der Waals surface area contributed by atoms with E-state index in [0.717, 1.165) is 13.2 Å². The van der Waals surface area contributed by atoms with Crippen LogP contribution in [-0.4, -0.2) is 39.4 Å². The van der Waals surface area contributed by atoms with Gasteiger partial charge in [-0.25, -0.2) is 4.98 Å². The van der Waals surface area contributed by atoms with Gasteiger partial charge in [0.25, 0.3) is 0 Å². The van der Waals surface area contributed by atoms with E-state index in [9.17, 15) is 4.79 Å². The minimum atomic E-state index is -1.00. The molecule has 0 bridgehead atoms. The highest BCUT2D eigenvalue weighted by atomic mass is 16.6. The van der Waals surface area contributed by atoms with Gasteiger partial charge in [-0.2, -0.15) is 0 Å². The molecule has 6 nitrogen and oxygen atoms in total. The van der Waals surface area contributed by atoms with Crippen LogP contribution >= 0.6 is 0 Å². The Morgan fingerprint density at radius 2 is 2.60 bits per heavy atom. The number of rotatable bonds is 5. The number of epoxide rings is 1. The van der Waals surface area contributed by atoms with Crippen molar-refractivity contribution in [2.24, 2.45) is 5.73 Å². The number of imidazole rings is 1. The molecule has 1 aromatic rings. The highest BCUT2D eigenvalue weighted by molar-refractivity contribution is 5.73. The average molecular weight is 211 g/mol. The molecule has 1 fully saturated rings. The number of hydrogen-bond acceptors (Lipinski definition) is 4. The molecule has 6 heteroatoms. The van der Waals surface area contributed by atoms with E-state index in [2.05, 4.69) is 4.98 Å². The van der Waals surface area contributed by atoms with E-state index < -0.39 is 12.0 Å². The number of nitrogens with two attached hydrogens (primary N) is 1. The largest absolute Gasteiger partial charge is 0.480 e. The van der Waals surface area contributed by atoms with Crippen LogP contribution in [0.4, 0.5) is 0 Å². The second kappa shape index (κ2) is 4.00. The third-order valence-electron chi connectivity index (χ3n) is 2.25. The monoisotopic (exact) mass is 211 g/mol. The molecule has 0 amide bonds. The van der Waals surface area contributed by atoms with Gasteiger partial charge in [-0.1, -0.05) is 0 Å². The summed E-state index contributed by atoms with van der Waals surface area (Å²) in [7, 11) is 0. The minimum absolute atomic E-state index is 0.258. The van der Waals surface area contributed by atoms with E-state index in [1.54, 1.807) is 6.33 Å². The zero-order valence-electron chi connectivity index (χ0n) is 8.17. The molecular formula is C9H13N3O3. The smallest absolute Gasteiger partial charge is 0.320 e. The van der Waals surface area contributed by atoms with E-state index in [4.69, 9.17) is 15.6 Å². The molecule has 15 heavy (non-hydrogen) atoms. The van der Waals surface area contributed by atoms with Crippen LogP contribution in [0.5, 0.6) is 0 Å². The number of aromatic nitrogens is 2. The van der Waals surface area contributed by atoms with Gasteiger partial charge in [0.1, 0.15) is 6.04 Å². The maximum atomic E-state index is 10.5. The summed E-state index contributed by atoms with van der Waals surface area (Å²) in [5.74, 6) is -1.00. The molecule has 3 N–H and O–H groups in total. The van der Waals surface area contributed by atoms with Gasteiger partial charge in [0, 0.05) is 12.6 Å². The van der Waals surface area contributed by atoms with Crippen molar-refractivity contribution in [3.8, 4) is 0 Å². The van der Waals surface area contributed by atoms with Crippen LogP contribution in [0.25, 0.3) is 0 Å². The van der Waals surface area contributed by atoms with Gasteiger partial charge in [-0.3, -0.25) is 4.79 Å². The molecule has 2 heterocycles. The molecule has 0 spiro atoms. The quantitative estimate of drug-likeness (QED) is 0.624. The van der Waals surface area contributed by atoms with Crippen molar-refractivity contribution in [2.75, 3.05) is 6.61 Å². The van der Waals surface area contributed by atoms with E-state index in [-0.39, 0.29) is 6.42 Å². The topological polar surface area (TPSA) is 93.7 Å². The van der Waals surface area contributed by atoms with Crippen LogP contribution in [0.3, 0.4) is 0 Å². The summed E-state index contributed by atoms with van der Waals surface area (Å²) in [6.07, 6.45) is 4.03. The van der Waals surface area contributed by atoms with Gasteiger partial charge in [-0.05, 0) is 0 Å². The fourth-order valence-electron chi connectivity index (χ4n) is 1.33.